The quantitative estimate of drug-likeness (QED) is 0.0237. The van der Waals surface area contributed by atoms with E-state index >= 15 is 0 Å². The molecule has 0 fully saturated rings. The summed E-state index contributed by atoms with van der Waals surface area (Å²) in [6, 6.07) is -1.55. The van der Waals surface area contributed by atoms with Gasteiger partial charge in [0.05, 0.1) is 19.6 Å². The Morgan fingerprint density at radius 3 is 1.41 bits per heavy atom. The maximum Gasteiger partial charge on any atom is 0.472 e. The van der Waals surface area contributed by atoms with E-state index in [1.54, 1.807) is 6.08 Å². The number of unbranched alkanes of at least 4 members (excludes halogenated alkanes) is 3. The first kappa shape index (κ1) is 53.9. The molecule has 0 aromatic rings. The largest absolute Gasteiger partial charge is 0.480 e. The smallest absolute Gasteiger partial charge is 0.472 e. The van der Waals surface area contributed by atoms with E-state index in [9.17, 15) is 23.8 Å². The minimum absolute atomic E-state index is 0.0262. The molecule has 58 heavy (non-hydrogen) atoms. The van der Waals surface area contributed by atoms with Gasteiger partial charge in [-0.15, -0.1) is 0 Å². The maximum atomic E-state index is 12.6. The number of esters is 2. The van der Waals surface area contributed by atoms with Crippen molar-refractivity contribution < 1.29 is 47.5 Å². The van der Waals surface area contributed by atoms with Crippen LogP contribution in [0.3, 0.4) is 0 Å². The van der Waals surface area contributed by atoms with Gasteiger partial charge in [0.15, 0.2) is 6.10 Å². The minimum atomic E-state index is -4.75. The number of nitrogens with two attached hydrogens (primary N) is 1. The van der Waals surface area contributed by atoms with Crippen LogP contribution < -0.4 is 5.73 Å². The van der Waals surface area contributed by atoms with Gasteiger partial charge >= 0.3 is 25.7 Å². The number of ether oxygens (including phenoxy) is 2. The highest BCUT2D eigenvalue weighted by Gasteiger charge is 2.28. The number of carbonyl (C=O) groups excluding carboxylic acids is 2. The second kappa shape index (κ2) is 39.7. The van der Waals surface area contributed by atoms with Gasteiger partial charge in [0, 0.05) is 6.42 Å². The van der Waals surface area contributed by atoms with Gasteiger partial charge in [-0.25, -0.2) is 4.57 Å². The molecule has 0 aromatic carbocycles. The van der Waals surface area contributed by atoms with E-state index in [2.05, 4.69) is 116 Å². The number of carboxylic acid groups (broad SMARTS) is 1. The molecule has 0 aromatic heterocycles. The fourth-order valence-corrected chi connectivity index (χ4v) is 5.35. The van der Waals surface area contributed by atoms with Crippen LogP contribution in [0, 0.1) is 0 Å². The van der Waals surface area contributed by atoms with Gasteiger partial charge in [0.2, 0.25) is 0 Å². The Labute approximate surface area is 348 Å². The summed E-state index contributed by atoms with van der Waals surface area (Å²) in [5, 5.41) is 8.88. The Morgan fingerprint density at radius 1 is 0.552 bits per heavy atom. The maximum absolute atomic E-state index is 12.6. The Morgan fingerprint density at radius 2 is 0.966 bits per heavy atom. The van der Waals surface area contributed by atoms with Crippen molar-refractivity contribution in [2.75, 3.05) is 19.8 Å². The average molecular weight is 828 g/mol. The van der Waals surface area contributed by atoms with Crippen molar-refractivity contribution in [3.63, 3.8) is 0 Å². The van der Waals surface area contributed by atoms with Gasteiger partial charge in [-0.05, 0) is 83.5 Å². The lowest BCUT2D eigenvalue weighted by molar-refractivity contribution is -0.160. The normalized spacial score (nSPS) is 15.0. The van der Waals surface area contributed by atoms with Gasteiger partial charge in [-0.3, -0.25) is 23.4 Å². The summed E-state index contributed by atoms with van der Waals surface area (Å²) in [5.41, 5.74) is 5.32. The van der Waals surface area contributed by atoms with Crippen molar-refractivity contribution in [3.8, 4) is 0 Å². The molecule has 0 spiro atoms. The molecule has 3 unspecified atom stereocenters. The summed E-state index contributed by atoms with van der Waals surface area (Å²) < 4.78 is 32.5. The van der Waals surface area contributed by atoms with Crippen LogP contribution in [0.4, 0.5) is 0 Å². The number of hydrogen-bond donors (Lipinski definition) is 3. The van der Waals surface area contributed by atoms with Gasteiger partial charge < -0.3 is 25.2 Å². The number of carboxylic acids is 1. The van der Waals surface area contributed by atoms with Gasteiger partial charge in [-0.1, -0.05) is 142 Å². The number of phosphoric acid groups is 1. The molecular formula is C46H70NO10P. The van der Waals surface area contributed by atoms with Crippen molar-refractivity contribution in [3.05, 3.63) is 122 Å². The summed E-state index contributed by atoms with van der Waals surface area (Å²) in [5.74, 6) is -2.60. The third-order valence-electron chi connectivity index (χ3n) is 7.74. The first-order valence-corrected chi connectivity index (χ1v) is 22.1. The molecule has 0 amide bonds. The molecule has 0 aliphatic rings. The SMILES string of the molecule is CC/C=C\C/C=C\C/C=C\C/C=C\C/C=C\CCCCCC(=O)OC(COC(=O)C/C=C\C/C=C\C/C=C\C/C=C\C/C=C\CC)COP(=O)(O)OCC(N)C(=O)O. The van der Waals surface area contributed by atoms with Crippen LogP contribution in [0.15, 0.2) is 122 Å². The number of aliphatic carboxylic acids is 1. The highest BCUT2D eigenvalue weighted by atomic mass is 31.2. The second-order valence-electron chi connectivity index (χ2n) is 13.0. The highest BCUT2D eigenvalue weighted by molar-refractivity contribution is 7.47. The Kier molecular flexibility index (Phi) is 36.9. The summed E-state index contributed by atoms with van der Waals surface area (Å²) in [6.45, 7) is 2.40. The van der Waals surface area contributed by atoms with Crippen molar-refractivity contribution in [2.45, 2.75) is 129 Å². The van der Waals surface area contributed by atoms with E-state index in [1.807, 2.05) is 18.2 Å². The third kappa shape index (κ3) is 38.7. The number of hydrogen-bond acceptors (Lipinski definition) is 9. The molecular weight excluding hydrogens is 757 g/mol. The van der Waals surface area contributed by atoms with Gasteiger partial charge in [-0.2, -0.15) is 0 Å². The van der Waals surface area contributed by atoms with Crippen LogP contribution in [0.5, 0.6) is 0 Å². The van der Waals surface area contributed by atoms with Crippen LogP contribution in [0.25, 0.3) is 0 Å². The van der Waals surface area contributed by atoms with Crippen LogP contribution in [0.1, 0.15) is 117 Å². The van der Waals surface area contributed by atoms with Crippen molar-refractivity contribution in [1.82, 2.24) is 0 Å². The number of carbonyl (C=O) groups is 3. The number of allylic oxidation sites excluding steroid dienone is 19. The molecule has 0 radical (unpaired) electrons. The second-order valence-corrected chi connectivity index (χ2v) is 14.5. The zero-order valence-electron chi connectivity index (χ0n) is 34.8. The lowest BCUT2D eigenvalue weighted by atomic mass is 10.1. The minimum Gasteiger partial charge on any atom is -0.480 e. The molecule has 0 rings (SSSR count). The fourth-order valence-electron chi connectivity index (χ4n) is 4.57. The van der Waals surface area contributed by atoms with Crippen LogP contribution >= 0.6 is 7.82 Å². The van der Waals surface area contributed by atoms with E-state index in [-0.39, 0.29) is 12.8 Å². The molecule has 0 heterocycles. The first-order valence-electron chi connectivity index (χ1n) is 20.6. The summed E-state index contributed by atoms with van der Waals surface area (Å²) in [4.78, 5) is 45.8. The monoisotopic (exact) mass is 827 g/mol. The van der Waals surface area contributed by atoms with E-state index in [1.165, 1.54) is 0 Å². The summed E-state index contributed by atoms with van der Waals surface area (Å²) in [7, 11) is -4.75. The van der Waals surface area contributed by atoms with Crippen molar-refractivity contribution in [2.24, 2.45) is 5.73 Å². The zero-order valence-corrected chi connectivity index (χ0v) is 35.7. The fraction of sp³-hybridized carbons (Fsp3) is 0.500. The molecule has 11 nitrogen and oxygen atoms in total. The summed E-state index contributed by atoms with van der Waals surface area (Å²) >= 11 is 0. The molecule has 4 N–H and O–H groups in total. The molecule has 0 aliphatic carbocycles. The molecule has 0 bridgehead atoms. The van der Waals surface area contributed by atoms with Gasteiger partial charge in [0.1, 0.15) is 12.6 Å². The van der Waals surface area contributed by atoms with Crippen molar-refractivity contribution >= 4 is 25.7 Å². The predicted molar refractivity (Wildman–Crippen MR) is 235 cm³/mol. The van der Waals surface area contributed by atoms with Crippen LogP contribution in [-0.4, -0.2) is 59.9 Å². The standard InChI is InChI=1S/C46H70NO10P/c1-3-5-7-9-11-13-15-17-19-20-21-22-24-26-28-30-32-34-36-38-45(49)57-42(40-55-58(52,53)56-41-43(47)46(50)51)39-54-44(48)37-35-33-31-29-27-25-23-18-16-14-12-10-8-6-4-2/h5-8,11-14,17-19,21-23,26-29,33,35,42-43H,3-4,9-10,15-16,20,24-25,30-32,34,36-41,47H2,1-2H3,(H,50,51)(H,52,53)/b7-5-,8-6-,13-11-,14-12-,19-17-,22-21-,23-18-,28-26-,29-27-,35-33-. The van der Waals surface area contributed by atoms with E-state index in [0.29, 0.717) is 12.8 Å². The lowest BCUT2D eigenvalue weighted by Gasteiger charge is -2.20. The number of rotatable bonds is 36. The number of phosphoric ester groups is 1. The topological polar surface area (TPSA) is 172 Å². The zero-order chi connectivity index (χ0) is 42.8. The van der Waals surface area contributed by atoms with Gasteiger partial charge in [0.25, 0.3) is 0 Å². The molecule has 12 heteroatoms. The van der Waals surface area contributed by atoms with Crippen LogP contribution in [-0.2, 0) is 37.5 Å². The predicted octanol–water partition coefficient (Wildman–Crippen LogP) is 10.8. The first-order chi connectivity index (χ1) is 28.1. The Bertz CT molecular complexity index is 1440. The Balaban J connectivity index is 4.62. The molecule has 3 atom stereocenters. The molecule has 0 saturated carbocycles. The van der Waals surface area contributed by atoms with E-state index < -0.39 is 57.7 Å². The Hall–Kier alpha value is -4.12. The van der Waals surface area contributed by atoms with E-state index in [4.69, 9.17) is 24.8 Å². The lowest BCUT2D eigenvalue weighted by Crippen LogP contribution is -2.34. The van der Waals surface area contributed by atoms with Crippen LogP contribution in [0.2, 0.25) is 0 Å². The third-order valence-corrected chi connectivity index (χ3v) is 8.69. The molecule has 324 valence electrons. The average Bonchev–Trinajstić information content (AvgIpc) is 3.20. The molecule has 0 aliphatic heterocycles. The summed E-state index contributed by atoms with van der Waals surface area (Å²) in [6.07, 6.45) is 53.0. The van der Waals surface area contributed by atoms with Crippen molar-refractivity contribution in [1.29, 1.82) is 0 Å². The highest BCUT2D eigenvalue weighted by Crippen LogP contribution is 2.43. The van der Waals surface area contributed by atoms with E-state index in [0.717, 1.165) is 77.0 Å². The molecule has 0 saturated heterocycles.